The fourth-order valence-corrected chi connectivity index (χ4v) is 4.57. The first kappa shape index (κ1) is 24.5. The molecule has 180 valence electrons. The number of amides is 1. The molecule has 2 heterocycles. The Labute approximate surface area is 210 Å². The Kier molecular flexibility index (Phi) is 8.51. The van der Waals surface area contributed by atoms with Crippen molar-refractivity contribution in [1.29, 1.82) is 0 Å². The summed E-state index contributed by atoms with van der Waals surface area (Å²) in [4.78, 5) is 17.0. The highest BCUT2D eigenvalue weighted by Crippen LogP contribution is 2.29. The van der Waals surface area contributed by atoms with Crippen LogP contribution >= 0.6 is 11.8 Å². The van der Waals surface area contributed by atoms with Crippen LogP contribution in [0.3, 0.4) is 0 Å². The van der Waals surface area contributed by atoms with Crippen molar-refractivity contribution in [1.82, 2.24) is 25.1 Å². The Balaban J connectivity index is 1.55. The van der Waals surface area contributed by atoms with E-state index in [1.165, 1.54) is 11.8 Å². The van der Waals surface area contributed by atoms with Gasteiger partial charge >= 0.3 is 0 Å². The maximum Gasteiger partial charge on any atom is 0.230 e. The Morgan fingerprint density at radius 1 is 1.00 bits per heavy atom. The average Bonchev–Trinajstić information content (AvgIpc) is 3.33. The van der Waals surface area contributed by atoms with E-state index in [2.05, 4.69) is 39.6 Å². The van der Waals surface area contributed by atoms with Gasteiger partial charge in [0.15, 0.2) is 11.0 Å². The van der Waals surface area contributed by atoms with E-state index >= 15 is 0 Å². The maximum absolute atomic E-state index is 12.9. The highest BCUT2D eigenvalue weighted by molar-refractivity contribution is 7.99. The molecule has 4 rings (SSSR count). The molecule has 7 nitrogen and oxygen atoms in total. The zero-order valence-electron chi connectivity index (χ0n) is 19.9. The van der Waals surface area contributed by atoms with Crippen LogP contribution in [0.5, 0.6) is 5.75 Å². The van der Waals surface area contributed by atoms with Crippen LogP contribution in [-0.4, -0.2) is 38.0 Å². The summed E-state index contributed by atoms with van der Waals surface area (Å²) in [5.41, 5.74) is 2.90. The van der Waals surface area contributed by atoms with E-state index < -0.39 is 0 Å². The van der Waals surface area contributed by atoms with Gasteiger partial charge in [-0.2, -0.15) is 0 Å². The zero-order chi connectivity index (χ0) is 24.5. The van der Waals surface area contributed by atoms with Crippen LogP contribution in [0.4, 0.5) is 0 Å². The molecule has 0 saturated carbocycles. The van der Waals surface area contributed by atoms with Gasteiger partial charge in [0, 0.05) is 23.6 Å². The molecule has 0 bridgehead atoms. The molecular weight excluding hydrogens is 458 g/mol. The normalized spacial score (nSPS) is 11.7. The Morgan fingerprint density at radius 3 is 2.43 bits per heavy atom. The van der Waals surface area contributed by atoms with Crippen molar-refractivity contribution >= 4 is 17.7 Å². The average molecular weight is 488 g/mol. The van der Waals surface area contributed by atoms with Crippen molar-refractivity contribution in [2.45, 2.75) is 37.9 Å². The number of hydrogen-bond donors (Lipinski definition) is 1. The van der Waals surface area contributed by atoms with E-state index in [-0.39, 0.29) is 17.7 Å². The molecule has 0 spiro atoms. The van der Waals surface area contributed by atoms with Crippen molar-refractivity contribution in [3.05, 3.63) is 84.7 Å². The summed E-state index contributed by atoms with van der Waals surface area (Å²) in [6, 6.07) is 21.6. The van der Waals surface area contributed by atoms with E-state index in [1.807, 2.05) is 66.1 Å². The van der Waals surface area contributed by atoms with E-state index in [0.717, 1.165) is 35.4 Å². The highest BCUT2D eigenvalue weighted by Gasteiger charge is 2.19. The number of hydrogen-bond acceptors (Lipinski definition) is 6. The van der Waals surface area contributed by atoms with E-state index in [9.17, 15) is 4.79 Å². The molecule has 1 amide bonds. The number of carbonyl (C=O) groups excluding carboxylic acids is 1. The van der Waals surface area contributed by atoms with E-state index in [1.54, 1.807) is 12.4 Å². The Bertz CT molecular complexity index is 1210. The molecule has 0 aliphatic heterocycles. The van der Waals surface area contributed by atoms with Gasteiger partial charge in [-0.3, -0.25) is 14.3 Å². The van der Waals surface area contributed by atoms with Gasteiger partial charge in [-0.15, -0.1) is 10.2 Å². The fraction of sp³-hybridized carbons (Fsp3) is 0.259. The molecule has 0 unspecified atom stereocenters. The number of rotatable bonds is 11. The summed E-state index contributed by atoms with van der Waals surface area (Å²) in [5.74, 6) is 1.68. The second-order valence-electron chi connectivity index (χ2n) is 7.91. The zero-order valence-corrected chi connectivity index (χ0v) is 20.7. The van der Waals surface area contributed by atoms with Crippen molar-refractivity contribution in [2.24, 2.45) is 0 Å². The number of nitrogens with one attached hydrogen (secondary N) is 1. The number of pyridine rings is 1. The number of carbonyl (C=O) groups is 1. The van der Waals surface area contributed by atoms with Crippen molar-refractivity contribution in [3.63, 3.8) is 0 Å². The minimum absolute atomic E-state index is 0.00865. The maximum atomic E-state index is 12.9. The van der Waals surface area contributed by atoms with Gasteiger partial charge < -0.3 is 10.1 Å². The lowest BCUT2D eigenvalue weighted by Gasteiger charge is -2.18. The number of thioether (sulfide) groups is 1. The Morgan fingerprint density at radius 2 is 1.74 bits per heavy atom. The first-order valence-corrected chi connectivity index (χ1v) is 12.7. The van der Waals surface area contributed by atoms with Gasteiger partial charge in [0.1, 0.15) is 5.75 Å². The van der Waals surface area contributed by atoms with Crippen LogP contribution in [0.15, 0.2) is 84.3 Å². The van der Waals surface area contributed by atoms with Crippen LogP contribution in [0.25, 0.3) is 17.1 Å². The lowest BCUT2D eigenvalue weighted by atomic mass is 10.0. The number of ether oxygens (including phenoxy) is 1. The van der Waals surface area contributed by atoms with Crippen molar-refractivity contribution in [3.8, 4) is 22.8 Å². The predicted molar refractivity (Wildman–Crippen MR) is 139 cm³/mol. The first-order chi connectivity index (χ1) is 17.2. The van der Waals surface area contributed by atoms with Gasteiger partial charge in [-0.1, -0.05) is 55.4 Å². The monoisotopic (exact) mass is 487 g/mol. The van der Waals surface area contributed by atoms with Crippen LogP contribution < -0.4 is 10.1 Å². The lowest BCUT2D eigenvalue weighted by Crippen LogP contribution is -2.30. The minimum atomic E-state index is -0.0380. The molecule has 2 aromatic heterocycles. The molecule has 0 saturated heterocycles. The van der Waals surface area contributed by atoms with Crippen LogP contribution in [0, 0.1) is 0 Å². The smallest absolute Gasteiger partial charge is 0.230 e. The molecule has 1 atom stereocenters. The van der Waals surface area contributed by atoms with Gasteiger partial charge in [-0.05, 0) is 55.3 Å². The van der Waals surface area contributed by atoms with Crippen LogP contribution in [-0.2, 0) is 4.79 Å². The standard InChI is InChI=1S/C27H29N5O2S/c1-3-8-24(20-9-6-5-7-10-20)29-25(33)19-35-27-31-30-26(21-15-17-28-18-16-21)32(27)22-11-13-23(14-12-22)34-4-2/h5-7,9-18,24H,3-4,8,19H2,1-2H3,(H,29,33)/t24-/m1/s1. The van der Waals surface area contributed by atoms with Crippen molar-refractivity contribution < 1.29 is 9.53 Å². The molecule has 1 N–H and O–H groups in total. The van der Waals surface area contributed by atoms with Gasteiger partial charge in [-0.25, -0.2) is 0 Å². The fourth-order valence-electron chi connectivity index (χ4n) is 3.80. The molecule has 2 aromatic carbocycles. The second kappa shape index (κ2) is 12.2. The van der Waals surface area contributed by atoms with Gasteiger partial charge in [0.2, 0.25) is 5.91 Å². The summed E-state index contributed by atoms with van der Waals surface area (Å²) >= 11 is 1.37. The number of benzene rings is 2. The minimum Gasteiger partial charge on any atom is -0.494 e. The summed E-state index contributed by atoms with van der Waals surface area (Å²) in [6.07, 6.45) is 5.32. The lowest BCUT2D eigenvalue weighted by molar-refractivity contribution is -0.119. The quantitative estimate of drug-likeness (QED) is 0.282. The number of nitrogens with zero attached hydrogens (tertiary/aromatic N) is 4. The third-order valence-corrected chi connectivity index (χ3v) is 6.35. The summed E-state index contributed by atoms with van der Waals surface area (Å²) < 4.78 is 7.55. The predicted octanol–water partition coefficient (Wildman–Crippen LogP) is 5.48. The third-order valence-electron chi connectivity index (χ3n) is 5.42. The number of aromatic nitrogens is 4. The molecule has 0 aliphatic carbocycles. The van der Waals surface area contributed by atoms with Gasteiger partial charge in [0.05, 0.1) is 18.4 Å². The third kappa shape index (κ3) is 6.27. The summed E-state index contributed by atoms with van der Waals surface area (Å²) in [6.45, 7) is 4.68. The molecule has 0 radical (unpaired) electrons. The SMILES string of the molecule is CCC[C@@H](NC(=O)CSc1nnc(-c2ccncc2)n1-c1ccc(OCC)cc1)c1ccccc1. The molecule has 8 heteroatoms. The molecule has 0 fully saturated rings. The van der Waals surface area contributed by atoms with Crippen LogP contribution in [0.2, 0.25) is 0 Å². The van der Waals surface area contributed by atoms with Crippen molar-refractivity contribution in [2.75, 3.05) is 12.4 Å². The van der Waals surface area contributed by atoms with E-state index in [0.29, 0.717) is 17.6 Å². The second-order valence-corrected chi connectivity index (χ2v) is 8.86. The molecule has 4 aromatic rings. The van der Waals surface area contributed by atoms with E-state index in [4.69, 9.17) is 4.74 Å². The van der Waals surface area contributed by atoms with Crippen LogP contribution in [0.1, 0.15) is 38.3 Å². The summed E-state index contributed by atoms with van der Waals surface area (Å²) in [5, 5.41) is 12.7. The van der Waals surface area contributed by atoms with Gasteiger partial charge in [0.25, 0.3) is 0 Å². The highest BCUT2D eigenvalue weighted by atomic mass is 32.2. The largest absolute Gasteiger partial charge is 0.494 e. The first-order valence-electron chi connectivity index (χ1n) is 11.8. The molecule has 35 heavy (non-hydrogen) atoms. The Hall–Kier alpha value is -3.65. The summed E-state index contributed by atoms with van der Waals surface area (Å²) in [7, 11) is 0. The molecule has 0 aliphatic rings. The molecular formula is C27H29N5O2S. The topological polar surface area (TPSA) is 81.9 Å².